The molecule has 37 heavy (non-hydrogen) atoms. The molecule has 2 aromatic rings. The van der Waals surface area contributed by atoms with Crippen molar-refractivity contribution in [1.29, 1.82) is 0 Å². The molecule has 0 spiro atoms. The first-order valence-corrected chi connectivity index (χ1v) is 13.4. The lowest BCUT2D eigenvalue weighted by molar-refractivity contribution is -0.124. The van der Waals surface area contributed by atoms with Gasteiger partial charge in [0, 0.05) is 17.7 Å². The lowest BCUT2D eigenvalue weighted by atomic mass is 9.94. The number of methoxy groups -OCH3 is 2. The summed E-state index contributed by atoms with van der Waals surface area (Å²) in [6.45, 7) is -0.225. The van der Waals surface area contributed by atoms with E-state index in [0.717, 1.165) is 32.1 Å². The zero-order valence-corrected chi connectivity index (χ0v) is 22.2. The molecule has 8 nitrogen and oxygen atoms in total. The number of benzene rings is 2. The Kier molecular flexibility index (Phi) is 7.21. The molecule has 2 fully saturated rings. The molecule has 3 aliphatic rings. The summed E-state index contributed by atoms with van der Waals surface area (Å²) in [7, 11) is 3.05. The summed E-state index contributed by atoms with van der Waals surface area (Å²) < 4.78 is 11.1. The fourth-order valence-electron chi connectivity index (χ4n) is 5.08. The van der Waals surface area contributed by atoms with Crippen molar-refractivity contribution in [2.45, 2.75) is 38.1 Å². The number of hydrogen-bond acceptors (Lipinski definition) is 7. The lowest BCUT2D eigenvalue weighted by Gasteiger charge is -2.29. The van der Waals surface area contributed by atoms with Crippen LogP contribution < -0.4 is 19.7 Å². The standard InChI is InChI=1S/C27H27N3O5S2/c1-34-17-12-13-19(21(14-17)35-2)28-22(31)15-29-20-11-7-6-10-18(20)23(25(29)32)24-26(33)30(27(36)37-24)16-8-4-3-5-9-16/h6-7,10-14,16H,3-5,8-9,15H2,1-2H3,(H,28,31)/b24-23-. The van der Waals surface area contributed by atoms with Crippen molar-refractivity contribution in [3.8, 4) is 11.5 Å². The van der Waals surface area contributed by atoms with Crippen LogP contribution in [-0.2, 0) is 14.4 Å². The van der Waals surface area contributed by atoms with Gasteiger partial charge in [-0.3, -0.25) is 24.2 Å². The summed E-state index contributed by atoms with van der Waals surface area (Å²) in [5, 5.41) is 2.81. The number of thioether (sulfide) groups is 1. The van der Waals surface area contributed by atoms with Gasteiger partial charge in [-0.2, -0.15) is 0 Å². The van der Waals surface area contributed by atoms with Gasteiger partial charge >= 0.3 is 0 Å². The second kappa shape index (κ2) is 10.5. The number of ether oxygens (including phenoxy) is 2. The third-order valence-corrected chi connectivity index (χ3v) is 8.27. The maximum atomic E-state index is 13.7. The van der Waals surface area contributed by atoms with Crippen molar-refractivity contribution >= 4 is 63.0 Å². The summed E-state index contributed by atoms with van der Waals surface area (Å²) in [6.07, 6.45) is 5.13. The summed E-state index contributed by atoms with van der Waals surface area (Å²) in [4.78, 5) is 43.7. The van der Waals surface area contributed by atoms with Gasteiger partial charge in [-0.25, -0.2) is 0 Å². The van der Waals surface area contributed by atoms with Crippen molar-refractivity contribution in [2.24, 2.45) is 0 Å². The number of carbonyl (C=O) groups excluding carboxylic acids is 3. The molecule has 192 valence electrons. The predicted molar refractivity (Wildman–Crippen MR) is 148 cm³/mol. The third-order valence-electron chi connectivity index (χ3n) is 6.87. The van der Waals surface area contributed by atoms with Gasteiger partial charge in [-0.1, -0.05) is 61.4 Å². The molecule has 0 atom stereocenters. The maximum absolute atomic E-state index is 13.7. The predicted octanol–water partition coefficient (Wildman–Crippen LogP) is 4.59. The average molecular weight is 538 g/mol. The van der Waals surface area contributed by atoms with E-state index in [4.69, 9.17) is 21.7 Å². The van der Waals surface area contributed by atoms with E-state index in [1.807, 2.05) is 6.07 Å². The highest BCUT2D eigenvalue weighted by atomic mass is 32.2. The highest BCUT2D eigenvalue weighted by Gasteiger charge is 2.44. The van der Waals surface area contributed by atoms with Crippen LogP contribution in [0.5, 0.6) is 11.5 Å². The first-order chi connectivity index (χ1) is 17.9. The van der Waals surface area contributed by atoms with Crippen molar-refractivity contribution in [1.82, 2.24) is 4.90 Å². The van der Waals surface area contributed by atoms with Crippen LogP contribution in [0.3, 0.4) is 0 Å². The Labute approximate surface area is 225 Å². The molecule has 3 amide bonds. The SMILES string of the molecule is COc1ccc(NC(=O)CN2C(=O)/C(=C3\SC(=S)N(C4CCCCC4)C3=O)c3ccccc32)c(OC)c1. The Morgan fingerprint density at radius 2 is 1.81 bits per heavy atom. The summed E-state index contributed by atoms with van der Waals surface area (Å²) in [6, 6.07) is 12.3. The molecule has 1 saturated carbocycles. The van der Waals surface area contributed by atoms with Gasteiger partial charge in [0.15, 0.2) is 0 Å². The lowest BCUT2D eigenvalue weighted by Crippen LogP contribution is -2.40. The highest BCUT2D eigenvalue weighted by molar-refractivity contribution is 8.26. The van der Waals surface area contributed by atoms with Crippen LogP contribution in [0, 0.1) is 0 Å². The van der Waals surface area contributed by atoms with E-state index in [1.54, 1.807) is 48.4 Å². The average Bonchev–Trinajstić information content (AvgIpc) is 3.36. The number of amides is 3. The van der Waals surface area contributed by atoms with Crippen molar-refractivity contribution < 1.29 is 23.9 Å². The van der Waals surface area contributed by atoms with Crippen LogP contribution in [0.4, 0.5) is 11.4 Å². The molecule has 2 aromatic carbocycles. The number of para-hydroxylation sites is 1. The second-order valence-electron chi connectivity index (χ2n) is 9.06. The first kappa shape index (κ1) is 25.3. The molecule has 0 unspecified atom stereocenters. The molecule has 1 saturated heterocycles. The Bertz CT molecular complexity index is 1320. The smallest absolute Gasteiger partial charge is 0.267 e. The highest BCUT2D eigenvalue weighted by Crippen LogP contribution is 2.46. The number of anilines is 2. The van der Waals surface area contributed by atoms with E-state index in [2.05, 4.69) is 5.32 Å². The van der Waals surface area contributed by atoms with E-state index >= 15 is 0 Å². The van der Waals surface area contributed by atoms with Crippen LogP contribution in [0.2, 0.25) is 0 Å². The number of thiocarbonyl (C=S) groups is 1. The van der Waals surface area contributed by atoms with E-state index < -0.39 is 5.91 Å². The van der Waals surface area contributed by atoms with Gasteiger partial charge in [0.2, 0.25) is 5.91 Å². The molecule has 0 aromatic heterocycles. The number of nitrogens with zero attached hydrogens (tertiary/aromatic N) is 2. The minimum Gasteiger partial charge on any atom is -0.497 e. The molecule has 2 aliphatic heterocycles. The number of carbonyl (C=O) groups is 3. The van der Waals surface area contributed by atoms with Gasteiger partial charge in [0.1, 0.15) is 22.4 Å². The van der Waals surface area contributed by atoms with Gasteiger partial charge in [-0.05, 0) is 31.0 Å². The Balaban J connectivity index is 1.42. The van der Waals surface area contributed by atoms with Crippen molar-refractivity contribution in [3.63, 3.8) is 0 Å². The molecular weight excluding hydrogens is 510 g/mol. The molecule has 2 heterocycles. The maximum Gasteiger partial charge on any atom is 0.267 e. The first-order valence-electron chi connectivity index (χ1n) is 12.2. The van der Waals surface area contributed by atoms with E-state index in [0.29, 0.717) is 43.2 Å². The van der Waals surface area contributed by atoms with Crippen LogP contribution in [0.15, 0.2) is 47.4 Å². The summed E-state index contributed by atoms with van der Waals surface area (Å²) in [5.74, 6) is 0.0285. The fraction of sp³-hybridized carbons (Fsp3) is 0.333. The van der Waals surface area contributed by atoms with Crippen LogP contribution in [0.1, 0.15) is 37.7 Å². The van der Waals surface area contributed by atoms with Crippen molar-refractivity contribution in [3.05, 3.63) is 52.9 Å². The molecule has 1 aliphatic carbocycles. The number of hydrogen-bond donors (Lipinski definition) is 1. The van der Waals surface area contributed by atoms with E-state index in [1.165, 1.54) is 23.8 Å². The largest absolute Gasteiger partial charge is 0.497 e. The molecular formula is C27H27N3O5S2. The zero-order chi connectivity index (χ0) is 26.1. The Morgan fingerprint density at radius 1 is 1.05 bits per heavy atom. The van der Waals surface area contributed by atoms with Gasteiger partial charge < -0.3 is 14.8 Å². The van der Waals surface area contributed by atoms with Crippen LogP contribution in [0.25, 0.3) is 5.57 Å². The molecule has 0 bridgehead atoms. The van der Waals surface area contributed by atoms with Crippen LogP contribution in [-0.4, -0.2) is 53.7 Å². The molecule has 10 heteroatoms. The summed E-state index contributed by atoms with van der Waals surface area (Å²) >= 11 is 6.77. The molecule has 0 radical (unpaired) electrons. The Hall–Kier alpha value is -3.37. The van der Waals surface area contributed by atoms with E-state index in [9.17, 15) is 14.4 Å². The monoisotopic (exact) mass is 537 g/mol. The number of rotatable bonds is 6. The topological polar surface area (TPSA) is 88.2 Å². The summed E-state index contributed by atoms with van der Waals surface area (Å²) in [5.41, 5.74) is 1.98. The van der Waals surface area contributed by atoms with Gasteiger partial charge in [-0.15, -0.1) is 0 Å². The normalized spacial score (nSPS) is 19.9. The van der Waals surface area contributed by atoms with Gasteiger partial charge in [0.05, 0.1) is 36.1 Å². The molecule has 1 N–H and O–H groups in total. The minimum absolute atomic E-state index is 0.0763. The third kappa shape index (κ3) is 4.71. The van der Waals surface area contributed by atoms with Gasteiger partial charge in [0.25, 0.3) is 11.8 Å². The fourth-order valence-corrected chi connectivity index (χ4v) is 6.55. The second-order valence-corrected chi connectivity index (χ2v) is 10.7. The number of fused-ring (bicyclic) bond motifs is 1. The molecule has 5 rings (SSSR count). The quantitative estimate of drug-likeness (QED) is 0.426. The Morgan fingerprint density at radius 3 is 2.54 bits per heavy atom. The zero-order valence-electron chi connectivity index (χ0n) is 20.6. The van der Waals surface area contributed by atoms with E-state index in [-0.39, 0.29) is 24.4 Å². The minimum atomic E-state index is -0.400. The number of nitrogens with one attached hydrogen (secondary N) is 1. The van der Waals surface area contributed by atoms with Crippen LogP contribution >= 0.6 is 24.0 Å². The van der Waals surface area contributed by atoms with Crippen molar-refractivity contribution in [2.75, 3.05) is 31.0 Å².